The predicted molar refractivity (Wildman–Crippen MR) is 65.1 cm³/mol. The van der Waals surface area contributed by atoms with Crippen LogP contribution in [0.3, 0.4) is 0 Å². The lowest BCUT2D eigenvalue weighted by Crippen LogP contribution is -1.93. The van der Waals surface area contributed by atoms with Crippen molar-refractivity contribution >= 4 is 5.82 Å². The second kappa shape index (κ2) is 4.39. The second-order valence-electron chi connectivity index (χ2n) is 3.94. The van der Waals surface area contributed by atoms with Crippen LogP contribution in [0.1, 0.15) is 24.5 Å². The van der Waals surface area contributed by atoms with E-state index in [0.717, 1.165) is 29.7 Å². The van der Waals surface area contributed by atoms with Crippen molar-refractivity contribution in [2.45, 2.75) is 26.7 Å². The summed E-state index contributed by atoms with van der Waals surface area (Å²) in [6, 6.07) is 8.10. The van der Waals surface area contributed by atoms with Gasteiger partial charge in [-0.05, 0) is 18.9 Å². The van der Waals surface area contributed by atoms with Gasteiger partial charge in [-0.2, -0.15) is 0 Å². The summed E-state index contributed by atoms with van der Waals surface area (Å²) in [5, 5.41) is 3.86. The first-order valence-electron chi connectivity index (χ1n) is 5.54. The number of anilines is 1. The number of benzene rings is 1. The van der Waals surface area contributed by atoms with Crippen molar-refractivity contribution in [3.8, 4) is 11.3 Å². The van der Waals surface area contributed by atoms with E-state index in [-0.39, 0.29) is 0 Å². The van der Waals surface area contributed by atoms with Crippen LogP contribution in [0.5, 0.6) is 0 Å². The molecule has 0 aliphatic heterocycles. The molecule has 2 rings (SSSR count). The van der Waals surface area contributed by atoms with Gasteiger partial charge in [0.1, 0.15) is 0 Å². The van der Waals surface area contributed by atoms with Crippen molar-refractivity contribution in [1.82, 2.24) is 5.16 Å². The van der Waals surface area contributed by atoms with Crippen molar-refractivity contribution in [3.63, 3.8) is 0 Å². The Hall–Kier alpha value is -1.77. The molecule has 0 aliphatic carbocycles. The maximum Gasteiger partial charge on any atom is 0.172 e. The normalized spacial score (nSPS) is 10.6. The number of hydrogen-bond donors (Lipinski definition) is 1. The standard InChI is InChI=1S/C13H16N2O/c1-3-6-11-12(16-15-13(11)14)10-8-5-4-7-9(10)2/h4-5,7-8H,3,6H2,1-2H3,(H2,14,15). The molecule has 0 atom stereocenters. The zero-order valence-electron chi connectivity index (χ0n) is 9.66. The van der Waals surface area contributed by atoms with E-state index in [1.54, 1.807) is 0 Å². The first kappa shape index (κ1) is 10.7. The highest BCUT2D eigenvalue weighted by molar-refractivity contribution is 5.68. The fraction of sp³-hybridized carbons (Fsp3) is 0.308. The van der Waals surface area contributed by atoms with E-state index in [1.165, 1.54) is 5.56 Å². The Morgan fingerprint density at radius 1 is 1.31 bits per heavy atom. The third-order valence-electron chi connectivity index (χ3n) is 2.71. The zero-order valence-corrected chi connectivity index (χ0v) is 9.66. The van der Waals surface area contributed by atoms with Crippen LogP contribution >= 0.6 is 0 Å². The lowest BCUT2D eigenvalue weighted by molar-refractivity contribution is 0.434. The van der Waals surface area contributed by atoms with Crippen LogP contribution in [0.2, 0.25) is 0 Å². The number of nitrogen functional groups attached to an aromatic ring is 1. The zero-order chi connectivity index (χ0) is 11.5. The number of nitrogens with zero attached hydrogens (tertiary/aromatic N) is 1. The smallest absolute Gasteiger partial charge is 0.172 e. The Bertz CT molecular complexity index is 488. The average Bonchev–Trinajstić information content (AvgIpc) is 2.62. The molecule has 0 fully saturated rings. The Morgan fingerprint density at radius 2 is 2.06 bits per heavy atom. The minimum atomic E-state index is 0.514. The Morgan fingerprint density at radius 3 is 2.75 bits per heavy atom. The van der Waals surface area contributed by atoms with Crippen molar-refractivity contribution in [3.05, 3.63) is 35.4 Å². The molecule has 2 aromatic rings. The van der Waals surface area contributed by atoms with E-state index >= 15 is 0 Å². The SMILES string of the molecule is CCCc1c(N)noc1-c1ccccc1C. The molecule has 0 radical (unpaired) electrons. The molecule has 0 spiro atoms. The topological polar surface area (TPSA) is 52.0 Å². The monoisotopic (exact) mass is 216 g/mol. The number of nitrogens with two attached hydrogens (primary N) is 1. The van der Waals surface area contributed by atoms with Gasteiger partial charge in [-0.1, -0.05) is 42.8 Å². The third kappa shape index (κ3) is 1.81. The molecule has 0 saturated carbocycles. The van der Waals surface area contributed by atoms with Crippen LogP contribution in [0.25, 0.3) is 11.3 Å². The fourth-order valence-electron chi connectivity index (χ4n) is 1.85. The van der Waals surface area contributed by atoms with Crippen molar-refractivity contribution in [2.75, 3.05) is 5.73 Å². The molecular weight excluding hydrogens is 200 g/mol. The lowest BCUT2D eigenvalue weighted by Gasteiger charge is -2.03. The first-order valence-corrected chi connectivity index (χ1v) is 5.54. The van der Waals surface area contributed by atoms with Crippen LogP contribution in [-0.4, -0.2) is 5.16 Å². The van der Waals surface area contributed by atoms with E-state index in [4.69, 9.17) is 10.3 Å². The highest BCUT2D eigenvalue weighted by atomic mass is 16.5. The van der Waals surface area contributed by atoms with Gasteiger partial charge in [0, 0.05) is 11.1 Å². The minimum Gasteiger partial charge on any atom is -0.381 e. The van der Waals surface area contributed by atoms with Gasteiger partial charge in [-0.3, -0.25) is 0 Å². The Balaban J connectivity index is 2.52. The van der Waals surface area contributed by atoms with E-state index in [9.17, 15) is 0 Å². The van der Waals surface area contributed by atoms with Gasteiger partial charge in [-0.15, -0.1) is 0 Å². The molecule has 0 unspecified atom stereocenters. The van der Waals surface area contributed by atoms with Crippen molar-refractivity contribution in [2.24, 2.45) is 0 Å². The molecule has 0 bridgehead atoms. The maximum atomic E-state index is 5.81. The van der Waals surface area contributed by atoms with Gasteiger partial charge in [-0.25, -0.2) is 0 Å². The Kier molecular flexibility index (Phi) is 2.95. The van der Waals surface area contributed by atoms with Crippen LogP contribution < -0.4 is 5.73 Å². The molecule has 0 amide bonds. The molecule has 2 N–H and O–H groups in total. The number of hydrogen-bond acceptors (Lipinski definition) is 3. The van der Waals surface area contributed by atoms with Crippen LogP contribution in [0, 0.1) is 6.92 Å². The van der Waals surface area contributed by atoms with E-state index in [0.29, 0.717) is 5.82 Å². The number of rotatable bonds is 3. The average molecular weight is 216 g/mol. The summed E-state index contributed by atoms with van der Waals surface area (Å²) in [6.45, 7) is 4.18. The van der Waals surface area contributed by atoms with Gasteiger partial charge < -0.3 is 10.3 Å². The van der Waals surface area contributed by atoms with Crippen molar-refractivity contribution in [1.29, 1.82) is 0 Å². The quantitative estimate of drug-likeness (QED) is 0.857. The highest BCUT2D eigenvalue weighted by Gasteiger charge is 2.15. The van der Waals surface area contributed by atoms with E-state index < -0.39 is 0 Å². The number of aromatic nitrogens is 1. The van der Waals surface area contributed by atoms with Crippen LogP contribution in [0.4, 0.5) is 5.82 Å². The summed E-state index contributed by atoms with van der Waals surface area (Å²) in [5.74, 6) is 1.33. The molecule has 1 heterocycles. The largest absolute Gasteiger partial charge is 0.381 e. The van der Waals surface area contributed by atoms with E-state index in [2.05, 4.69) is 25.1 Å². The van der Waals surface area contributed by atoms with E-state index in [1.807, 2.05) is 18.2 Å². The summed E-state index contributed by atoms with van der Waals surface area (Å²) in [7, 11) is 0. The molecule has 84 valence electrons. The van der Waals surface area contributed by atoms with Crippen LogP contribution in [-0.2, 0) is 6.42 Å². The summed E-state index contributed by atoms with van der Waals surface area (Å²) >= 11 is 0. The first-order chi connectivity index (χ1) is 7.74. The highest BCUT2D eigenvalue weighted by Crippen LogP contribution is 2.30. The fourth-order valence-corrected chi connectivity index (χ4v) is 1.85. The molecule has 0 saturated heterocycles. The Labute approximate surface area is 95.3 Å². The lowest BCUT2D eigenvalue weighted by atomic mass is 10.0. The van der Waals surface area contributed by atoms with Gasteiger partial charge in [0.2, 0.25) is 0 Å². The minimum absolute atomic E-state index is 0.514. The summed E-state index contributed by atoms with van der Waals surface area (Å²) < 4.78 is 5.34. The predicted octanol–water partition coefficient (Wildman–Crippen LogP) is 3.18. The molecule has 3 nitrogen and oxygen atoms in total. The van der Waals surface area contributed by atoms with Crippen LogP contribution in [0.15, 0.2) is 28.8 Å². The molecule has 16 heavy (non-hydrogen) atoms. The van der Waals surface area contributed by atoms with Gasteiger partial charge in [0.05, 0.1) is 0 Å². The van der Waals surface area contributed by atoms with Gasteiger partial charge in [0.25, 0.3) is 0 Å². The van der Waals surface area contributed by atoms with Gasteiger partial charge >= 0.3 is 0 Å². The third-order valence-corrected chi connectivity index (χ3v) is 2.71. The molecule has 1 aromatic carbocycles. The summed E-state index contributed by atoms with van der Waals surface area (Å²) in [5.41, 5.74) is 9.09. The molecular formula is C13H16N2O. The van der Waals surface area contributed by atoms with Crippen molar-refractivity contribution < 1.29 is 4.52 Å². The molecule has 0 aliphatic rings. The summed E-state index contributed by atoms with van der Waals surface area (Å²) in [6.07, 6.45) is 1.93. The van der Waals surface area contributed by atoms with Gasteiger partial charge in [0.15, 0.2) is 11.6 Å². The molecule has 1 aromatic heterocycles. The maximum absolute atomic E-state index is 5.81. The molecule has 3 heteroatoms. The second-order valence-corrected chi connectivity index (χ2v) is 3.94. The number of aryl methyl sites for hydroxylation is 1. The summed E-state index contributed by atoms with van der Waals surface area (Å²) in [4.78, 5) is 0.